The molecule has 0 saturated heterocycles. The summed E-state index contributed by atoms with van der Waals surface area (Å²) in [4.78, 5) is 0. The maximum atomic E-state index is 6.01. The van der Waals surface area contributed by atoms with Gasteiger partial charge in [-0.25, -0.2) is 0 Å². The molecule has 0 amide bonds. The third-order valence-corrected chi connectivity index (χ3v) is 4.00. The highest BCUT2D eigenvalue weighted by molar-refractivity contribution is 6.30. The molecule has 18 heavy (non-hydrogen) atoms. The Hall–Kier alpha value is -0.730. The van der Waals surface area contributed by atoms with Gasteiger partial charge >= 0.3 is 0 Å². The van der Waals surface area contributed by atoms with Crippen molar-refractivity contribution in [2.24, 2.45) is 5.92 Å². The molecular formula is C15H22ClNO. The molecule has 0 bridgehead atoms. The van der Waals surface area contributed by atoms with E-state index in [0.29, 0.717) is 0 Å². The summed E-state index contributed by atoms with van der Waals surface area (Å²) in [5.41, 5.74) is 1.14. The van der Waals surface area contributed by atoms with E-state index in [0.717, 1.165) is 35.3 Å². The quantitative estimate of drug-likeness (QED) is 0.786. The predicted molar refractivity (Wildman–Crippen MR) is 76.3 cm³/mol. The van der Waals surface area contributed by atoms with Crippen molar-refractivity contribution in [3.63, 3.8) is 0 Å². The molecule has 1 aromatic rings. The van der Waals surface area contributed by atoms with E-state index in [4.69, 9.17) is 16.3 Å². The Morgan fingerprint density at radius 1 is 1.33 bits per heavy atom. The zero-order valence-corrected chi connectivity index (χ0v) is 11.8. The maximum Gasteiger partial charge on any atom is 0.123 e. The molecule has 1 aliphatic rings. The molecule has 100 valence electrons. The van der Waals surface area contributed by atoms with Crippen LogP contribution in [0.25, 0.3) is 0 Å². The van der Waals surface area contributed by atoms with Crippen LogP contribution in [-0.4, -0.2) is 13.7 Å². The summed E-state index contributed by atoms with van der Waals surface area (Å²) in [5, 5.41) is 4.26. The van der Waals surface area contributed by atoms with E-state index in [9.17, 15) is 0 Å². The largest absolute Gasteiger partial charge is 0.496 e. The van der Waals surface area contributed by atoms with E-state index in [1.165, 1.54) is 32.1 Å². The van der Waals surface area contributed by atoms with Gasteiger partial charge in [0.05, 0.1) is 7.11 Å². The number of hydrogen-bond donors (Lipinski definition) is 1. The van der Waals surface area contributed by atoms with Crippen molar-refractivity contribution in [1.82, 2.24) is 5.32 Å². The lowest BCUT2D eigenvalue weighted by Crippen LogP contribution is -2.17. The van der Waals surface area contributed by atoms with Gasteiger partial charge in [-0.15, -0.1) is 0 Å². The van der Waals surface area contributed by atoms with Crippen LogP contribution in [0.2, 0.25) is 5.02 Å². The molecule has 0 radical (unpaired) electrons. The lowest BCUT2D eigenvalue weighted by molar-refractivity contribution is 0.406. The van der Waals surface area contributed by atoms with Crippen molar-refractivity contribution in [1.29, 1.82) is 0 Å². The van der Waals surface area contributed by atoms with Crippen LogP contribution in [0.5, 0.6) is 5.75 Å². The normalized spacial score (nSPS) is 16.1. The number of rotatable bonds is 6. The molecule has 1 aliphatic carbocycles. The van der Waals surface area contributed by atoms with E-state index in [1.54, 1.807) is 7.11 Å². The fourth-order valence-corrected chi connectivity index (χ4v) is 2.91. The third-order valence-electron chi connectivity index (χ3n) is 3.76. The molecule has 1 N–H and O–H groups in total. The first-order valence-electron chi connectivity index (χ1n) is 6.82. The third kappa shape index (κ3) is 3.89. The van der Waals surface area contributed by atoms with Gasteiger partial charge in [-0.2, -0.15) is 0 Å². The Balaban J connectivity index is 1.76. The first-order chi connectivity index (χ1) is 8.79. The molecular weight excluding hydrogens is 246 g/mol. The predicted octanol–water partition coefficient (Wildman–Crippen LogP) is 4.02. The van der Waals surface area contributed by atoms with Crippen molar-refractivity contribution < 1.29 is 4.74 Å². The van der Waals surface area contributed by atoms with Gasteiger partial charge in [0.2, 0.25) is 0 Å². The van der Waals surface area contributed by atoms with Crippen LogP contribution >= 0.6 is 11.6 Å². The van der Waals surface area contributed by atoms with E-state index in [2.05, 4.69) is 5.32 Å². The highest BCUT2D eigenvalue weighted by Crippen LogP contribution is 2.27. The van der Waals surface area contributed by atoms with E-state index in [1.807, 2.05) is 18.2 Å². The molecule has 3 heteroatoms. The molecule has 2 nitrogen and oxygen atoms in total. The van der Waals surface area contributed by atoms with Gasteiger partial charge in [0, 0.05) is 17.1 Å². The summed E-state index contributed by atoms with van der Waals surface area (Å²) < 4.78 is 5.33. The number of nitrogens with one attached hydrogen (secondary N) is 1. The van der Waals surface area contributed by atoms with Crippen LogP contribution in [0, 0.1) is 5.92 Å². The summed E-state index contributed by atoms with van der Waals surface area (Å²) in [6.07, 6.45) is 6.98. The standard InChI is InChI=1S/C15H22ClNO/c1-18-15-7-6-14(16)10-13(15)11-17-9-8-12-4-2-3-5-12/h6-7,10,12,17H,2-5,8-9,11H2,1H3. The SMILES string of the molecule is COc1ccc(Cl)cc1CNCCC1CCCC1. The highest BCUT2D eigenvalue weighted by atomic mass is 35.5. The molecule has 0 unspecified atom stereocenters. The number of methoxy groups -OCH3 is 1. The minimum Gasteiger partial charge on any atom is -0.496 e. The molecule has 1 saturated carbocycles. The maximum absolute atomic E-state index is 6.01. The summed E-state index contributed by atoms with van der Waals surface area (Å²) in [6.45, 7) is 1.91. The lowest BCUT2D eigenvalue weighted by Gasteiger charge is -2.12. The summed E-state index contributed by atoms with van der Waals surface area (Å²) >= 11 is 6.01. The number of ether oxygens (including phenoxy) is 1. The van der Waals surface area contributed by atoms with Gasteiger partial charge in [0.1, 0.15) is 5.75 Å². The van der Waals surface area contributed by atoms with E-state index >= 15 is 0 Å². The Morgan fingerprint density at radius 3 is 2.83 bits per heavy atom. The molecule has 0 atom stereocenters. The molecule has 1 fully saturated rings. The number of hydrogen-bond acceptors (Lipinski definition) is 2. The van der Waals surface area contributed by atoms with E-state index in [-0.39, 0.29) is 0 Å². The highest BCUT2D eigenvalue weighted by Gasteiger charge is 2.14. The average molecular weight is 268 g/mol. The minimum absolute atomic E-state index is 0.767. The second-order valence-corrected chi connectivity index (χ2v) is 5.51. The van der Waals surface area contributed by atoms with Gasteiger partial charge in [-0.3, -0.25) is 0 Å². The van der Waals surface area contributed by atoms with Crippen molar-refractivity contribution in [2.75, 3.05) is 13.7 Å². The van der Waals surface area contributed by atoms with Gasteiger partial charge < -0.3 is 10.1 Å². The van der Waals surface area contributed by atoms with Crippen molar-refractivity contribution in [2.45, 2.75) is 38.6 Å². The fraction of sp³-hybridized carbons (Fsp3) is 0.600. The molecule has 1 aromatic carbocycles. The van der Waals surface area contributed by atoms with Crippen LogP contribution in [0.1, 0.15) is 37.7 Å². The summed E-state index contributed by atoms with van der Waals surface area (Å²) in [5.74, 6) is 1.85. The fourth-order valence-electron chi connectivity index (χ4n) is 2.71. The second kappa shape index (κ2) is 7.01. The van der Waals surface area contributed by atoms with E-state index < -0.39 is 0 Å². The average Bonchev–Trinajstić information content (AvgIpc) is 2.88. The van der Waals surface area contributed by atoms with Gasteiger partial charge in [0.15, 0.2) is 0 Å². The Labute approximate surface area is 115 Å². The Morgan fingerprint density at radius 2 is 2.11 bits per heavy atom. The van der Waals surface area contributed by atoms with Crippen molar-refractivity contribution >= 4 is 11.6 Å². The molecule has 0 heterocycles. The smallest absolute Gasteiger partial charge is 0.123 e. The molecule has 0 aromatic heterocycles. The van der Waals surface area contributed by atoms with Crippen LogP contribution in [0.4, 0.5) is 0 Å². The van der Waals surface area contributed by atoms with Gasteiger partial charge in [-0.1, -0.05) is 37.3 Å². The first kappa shape index (κ1) is 13.7. The van der Waals surface area contributed by atoms with Crippen molar-refractivity contribution in [3.05, 3.63) is 28.8 Å². The monoisotopic (exact) mass is 267 g/mol. The van der Waals surface area contributed by atoms with Gasteiger partial charge in [-0.05, 0) is 37.1 Å². The number of halogens is 1. The second-order valence-electron chi connectivity index (χ2n) is 5.07. The zero-order chi connectivity index (χ0) is 12.8. The van der Waals surface area contributed by atoms with Crippen LogP contribution in [0.15, 0.2) is 18.2 Å². The zero-order valence-electron chi connectivity index (χ0n) is 11.0. The topological polar surface area (TPSA) is 21.3 Å². The van der Waals surface area contributed by atoms with Crippen LogP contribution in [0.3, 0.4) is 0 Å². The molecule has 2 rings (SSSR count). The van der Waals surface area contributed by atoms with Crippen LogP contribution in [-0.2, 0) is 6.54 Å². The minimum atomic E-state index is 0.767. The molecule has 0 spiro atoms. The number of benzene rings is 1. The molecule has 0 aliphatic heterocycles. The Kier molecular flexibility index (Phi) is 5.33. The van der Waals surface area contributed by atoms with Crippen molar-refractivity contribution in [3.8, 4) is 5.75 Å². The van der Waals surface area contributed by atoms with Crippen LogP contribution < -0.4 is 10.1 Å². The Bertz CT molecular complexity index is 375. The lowest BCUT2D eigenvalue weighted by atomic mass is 10.0. The van der Waals surface area contributed by atoms with Gasteiger partial charge in [0.25, 0.3) is 0 Å². The summed E-state index contributed by atoms with van der Waals surface area (Å²) in [6, 6.07) is 5.77. The first-order valence-corrected chi connectivity index (χ1v) is 7.20. The summed E-state index contributed by atoms with van der Waals surface area (Å²) in [7, 11) is 1.70.